The molecule has 1 heteroatoms. The van der Waals surface area contributed by atoms with Crippen LogP contribution in [0.1, 0.15) is 47.2 Å². The standard InChI is InChI=1S/C59H41N/c1-58(2)50-23-11-13-25-52(50)59(53-26-14-12-24-51(53)58)49-33-32-43(42-31-30-40-29-28-39-18-9-10-21-45(39)47(40)34-42)35-48(49)57-46(22-15-27-54(57)59)56-37-44(38-16-5-3-6-17-38)36-55(60-56)41-19-7-4-8-20-41/h3-37H,1-2H3. The Balaban J connectivity index is 1.18. The molecule has 2 aliphatic rings. The van der Waals surface area contributed by atoms with E-state index in [1.54, 1.807) is 0 Å². The Labute approximate surface area is 351 Å². The van der Waals surface area contributed by atoms with Gasteiger partial charge in [0.25, 0.3) is 0 Å². The zero-order valence-corrected chi connectivity index (χ0v) is 33.7. The molecule has 9 aromatic carbocycles. The van der Waals surface area contributed by atoms with Gasteiger partial charge in [0.2, 0.25) is 0 Å². The van der Waals surface area contributed by atoms with E-state index in [2.05, 4.69) is 226 Å². The number of aromatic nitrogens is 1. The minimum Gasteiger partial charge on any atom is -0.248 e. The Hall–Kier alpha value is -7.35. The molecule has 282 valence electrons. The molecule has 0 amide bonds. The summed E-state index contributed by atoms with van der Waals surface area (Å²) in [5.41, 5.74) is 18.8. The molecule has 1 spiro atoms. The van der Waals surface area contributed by atoms with Crippen molar-refractivity contribution in [2.75, 3.05) is 0 Å². The number of benzene rings is 9. The summed E-state index contributed by atoms with van der Waals surface area (Å²) >= 11 is 0. The van der Waals surface area contributed by atoms with Crippen molar-refractivity contribution < 1.29 is 0 Å². The van der Waals surface area contributed by atoms with Crippen LogP contribution in [0.2, 0.25) is 0 Å². The molecule has 0 aliphatic heterocycles. The maximum absolute atomic E-state index is 5.54. The van der Waals surface area contributed by atoms with Crippen LogP contribution in [0.5, 0.6) is 0 Å². The first-order valence-electron chi connectivity index (χ1n) is 21.0. The number of hydrogen-bond donors (Lipinski definition) is 0. The van der Waals surface area contributed by atoms with Gasteiger partial charge in [-0.05, 0) is 113 Å². The fourth-order valence-corrected chi connectivity index (χ4v) is 10.8. The van der Waals surface area contributed by atoms with Crippen LogP contribution in [0.4, 0.5) is 0 Å². The highest BCUT2D eigenvalue weighted by Gasteiger charge is 2.53. The van der Waals surface area contributed by atoms with Crippen molar-refractivity contribution in [3.63, 3.8) is 0 Å². The van der Waals surface area contributed by atoms with E-state index in [0.717, 1.165) is 28.1 Å². The lowest BCUT2D eigenvalue weighted by molar-refractivity contribution is 0.563. The van der Waals surface area contributed by atoms with Crippen molar-refractivity contribution in [2.45, 2.75) is 24.7 Å². The van der Waals surface area contributed by atoms with Gasteiger partial charge in [0.05, 0.1) is 16.8 Å². The van der Waals surface area contributed by atoms with Gasteiger partial charge < -0.3 is 0 Å². The number of rotatable bonds is 4. The third kappa shape index (κ3) is 4.96. The number of pyridine rings is 1. The minimum absolute atomic E-state index is 0.178. The van der Waals surface area contributed by atoms with Crippen LogP contribution < -0.4 is 0 Å². The molecule has 0 saturated heterocycles. The van der Waals surface area contributed by atoms with Gasteiger partial charge in [0.1, 0.15) is 0 Å². The van der Waals surface area contributed by atoms with E-state index in [1.807, 2.05) is 0 Å². The van der Waals surface area contributed by atoms with Crippen LogP contribution in [0.3, 0.4) is 0 Å². The molecule has 0 radical (unpaired) electrons. The highest BCUT2D eigenvalue weighted by atomic mass is 14.7. The lowest BCUT2D eigenvalue weighted by Crippen LogP contribution is -2.40. The van der Waals surface area contributed by atoms with Gasteiger partial charge in [-0.3, -0.25) is 0 Å². The van der Waals surface area contributed by atoms with Crippen LogP contribution in [0.25, 0.3) is 77.4 Å². The zero-order valence-electron chi connectivity index (χ0n) is 33.7. The van der Waals surface area contributed by atoms with Crippen molar-refractivity contribution in [2.24, 2.45) is 0 Å². The molecule has 1 nitrogen and oxygen atoms in total. The summed E-state index contributed by atoms with van der Waals surface area (Å²) in [5.74, 6) is 0. The second kappa shape index (κ2) is 13.1. The van der Waals surface area contributed by atoms with Gasteiger partial charge in [-0.15, -0.1) is 0 Å². The Bertz CT molecular complexity index is 3230. The SMILES string of the molecule is CC1(C)c2ccccc2C2(c3ccc(-c4ccc5ccc6ccccc6c5c4)cc3-c3c(-c4cc(-c5ccccc5)cc(-c5ccccc5)n4)cccc32)c2ccccc21. The van der Waals surface area contributed by atoms with E-state index in [4.69, 9.17) is 4.98 Å². The normalized spacial score (nSPS) is 14.1. The summed E-state index contributed by atoms with van der Waals surface area (Å²) in [4.78, 5) is 5.54. The third-order valence-corrected chi connectivity index (χ3v) is 13.5. The van der Waals surface area contributed by atoms with Crippen molar-refractivity contribution in [1.29, 1.82) is 0 Å². The van der Waals surface area contributed by atoms with Crippen LogP contribution in [-0.2, 0) is 10.8 Å². The molecule has 0 fully saturated rings. The summed E-state index contributed by atoms with van der Waals surface area (Å²) in [6.07, 6.45) is 0. The Kier molecular flexibility index (Phi) is 7.56. The molecule has 1 aromatic heterocycles. The Morgan fingerprint density at radius 2 is 0.867 bits per heavy atom. The highest BCUT2D eigenvalue weighted by Crippen LogP contribution is 2.63. The molecule has 0 saturated carbocycles. The van der Waals surface area contributed by atoms with Crippen LogP contribution in [0, 0.1) is 0 Å². The molecule has 10 aromatic rings. The minimum atomic E-state index is -0.527. The van der Waals surface area contributed by atoms with E-state index in [1.165, 1.54) is 82.7 Å². The Morgan fingerprint density at radius 1 is 0.317 bits per heavy atom. The Morgan fingerprint density at radius 3 is 1.60 bits per heavy atom. The smallest absolute Gasteiger partial charge is 0.0722 e. The van der Waals surface area contributed by atoms with E-state index in [-0.39, 0.29) is 5.41 Å². The molecule has 0 N–H and O–H groups in total. The molecule has 0 atom stereocenters. The summed E-state index contributed by atoms with van der Waals surface area (Å²) in [7, 11) is 0. The first kappa shape index (κ1) is 34.7. The third-order valence-electron chi connectivity index (χ3n) is 13.5. The molecule has 0 unspecified atom stereocenters. The van der Waals surface area contributed by atoms with Gasteiger partial charge in [-0.25, -0.2) is 4.98 Å². The quantitative estimate of drug-likeness (QED) is 0.163. The molecule has 2 aliphatic carbocycles. The lowest BCUT2D eigenvalue weighted by atomic mass is 9.55. The summed E-state index contributed by atoms with van der Waals surface area (Å²) in [5, 5.41) is 5.06. The van der Waals surface area contributed by atoms with Gasteiger partial charge in [0.15, 0.2) is 0 Å². The van der Waals surface area contributed by atoms with Crippen molar-refractivity contribution in [3.05, 3.63) is 246 Å². The van der Waals surface area contributed by atoms with Gasteiger partial charge >= 0.3 is 0 Å². The van der Waals surface area contributed by atoms with Crippen molar-refractivity contribution in [1.82, 2.24) is 4.98 Å². The fourth-order valence-electron chi connectivity index (χ4n) is 10.8. The van der Waals surface area contributed by atoms with Gasteiger partial charge in [0, 0.05) is 16.5 Å². The van der Waals surface area contributed by atoms with Gasteiger partial charge in [-0.2, -0.15) is 0 Å². The second-order valence-corrected chi connectivity index (χ2v) is 17.0. The molecule has 1 heterocycles. The first-order valence-corrected chi connectivity index (χ1v) is 21.0. The average molecular weight is 764 g/mol. The second-order valence-electron chi connectivity index (χ2n) is 17.0. The van der Waals surface area contributed by atoms with Crippen molar-refractivity contribution in [3.8, 4) is 55.9 Å². The maximum Gasteiger partial charge on any atom is 0.0722 e. The molecular weight excluding hydrogens is 723 g/mol. The van der Waals surface area contributed by atoms with Crippen LogP contribution in [0.15, 0.2) is 212 Å². The summed E-state index contributed by atoms with van der Waals surface area (Å²) in [6.45, 7) is 4.78. The monoisotopic (exact) mass is 763 g/mol. The van der Waals surface area contributed by atoms with E-state index < -0.39 is 5.41 Å². The number of nitrogens with zero attached hydrogens (tertiary/aromatic N) is 1. The summed E-state index contributed by atoms with van der Waals surface area (Å²) in [6, 6.07) is 78.7. The highest BCUT2D eigenvalue weighted by molar-refractivity contribution is 6.09. The number of fused-ring (bicyclic) bond motifs is 12. The predicted octanol–water partition coefficient (Wildman–Crippen LogP) is 15.1. The van der Waals surface area contributed by atoms with E-state index in [0.29, 0.717) is 0 Å². The zero-order chi connectivity index (χ0) is 40.0. The predicted molar refractivity (Wildman–Crippen MR) is 250 cm³/mol. The molecule has 0 bridgehead atoms. The van der Waals surface area contributed by atoms with Crippen LogP contribution >= 0.6 is 0 Å². The topological polar surface area (TPSA) is 12.9 Å². The van der Waals surface area contributed by atoms with Crippen LogP contribution in [-0.4, -0.2) is 4.98 Å². The van der Waals surface area contributed by atoms with Crippen molar-refractivity contribution >= 4 is 21.5 Å². The number of hydrogen-bond acceptors (Lipinski definition) is 1. The average Bonchev–Trinajstić information content (AvgIpc) is 3.61. The van der Waals surface area contributed by atoms with E-state index in [9.17, 15) is 0 Å². The molecule has 60 heavy (non-hydrogen) atoms. The van der Waals surface area contributed by atoms with E-state index >= 15 is 0 Å². The largest absolute Gasteiger partial charge is 0.248 e. The van der Waals surface area contributed by atoms with Gasteiger partial charge in [-0.1, -0.05) is 202 Å². The maximum atomic E-state index is 5.54. The lowest BCUT2D eigenvalue weighted by Gasteiger charge is -2.46. The molecule has 12 rings (SSSR count). The molecular formula is C59H41N. The summed E-state index contributed by atoms with van der Waals surface area (Å²) < 4.78 is 0. The first-order chi connectivity index (χ1) is 29.5. The fraction of sp³-hybridized carbons (Fsp3) is 0.0678.